The first-order chi connectivity index (χ1) is 10.9. The van der Waals surface area contributed by atoms with Crippen LogP contribution in [-0.2, 0) is 4.79 Å². The van der Waals surface area contributed by atoms with Crippen LogP contribution in [-0.4, -0.2) is 24.7 Å². The molecule has 1 N–H and O–H groups in total. The fraction of sp³-hybridized carbons (Fsp3) is 0.222. The predicted molar refractivity (Wildman–Crippen MR) is 92.6 cm³/mol. The Labute approximate surface area is 136 Å². The summed E-state index contributed by atoms with van der Waals surface area (Å²) < 4.78 is 1.67. The molecule has 2 aromatic rings. The molecule has 118 valence electrons. The zero-order chi connectivity index (χ0) is 17.0. The van der Waals surface area contributed by atoms with Crippen LogP contribution in [0.4, 0.5) is 5.69 Å². The molecule has 1 heterocycles. The minimum Gasteiger partial charge on any atom is -0.378 e. The van der Waals surface area contributed by atoms with Gasteiger partial charge in [0.05, 0.1) is 0 Å². The number of nitrogens with zero attached hydrogens (tertiary/aromatic N) is 3. The summed E-state index contributed by atoms with van der Waals surface area (Å²) in [6.45, 7) is 3.78. The molecule has 1 amide bonds. The normalized spacial score (nSPS) is 11.0. The quantitative estimate of drug-likeness (QED) is 0.698. The van der Waals surface area contributed by atoms with Crippen molar-refractivity contribution in [3.63, 3.8) is 0 Å². The SMILES string of the molecule is Cc1ccc(C)n1NC(=O)C(C#N)=Cc1ccc(N(C)C)cc1. The second-order valence-corrected chi connectivity index (χ2v) is 5.55. The Hall–Kier alpha value is -3.00. The number of nitrogens with one attached hydrogen (secondary N) is 1. The summed E-state index contributed by atoms with van der Waals surface area (Å²) in [4.78, 5) is 14.3. The van der Waals surface area contributed by atoms with Gasteiger partial charge in [0.1, 0.15) is 11.6 Å². The van der Waals surface area contributed by atoms with E-state index in [4.69, 9.17) is 0 Å². The molecule has 0 bridgehead atoms. The van der Waals surface area contributed by atoms with Gasteiger partial charge in [0, 0.05) is 31.2 Å². The number of hydrogen-bond acceptors (Lipinski definition) is 3. The lowest BCUT2D eigenvalue weighted by molar-refractivity contribution is -0.113. The van der Waals surface area contributed by atoms with Gasteiger partial charge in [-0.25, -0.2) is 0 Å². The third-order valence-electron chi connectivity index (χ3n) is 3.57. The van der Waals surface area contributed by atoms with Crippen molar-refractivity contribution in [2.75, 3.05) is 24.4 Å². The first-order valence-electron chi connectivity index (χ1n) is 7.28. The van der Waals surface area contributed by atoms with Gasteiger partial charge < -0.3 is 4.90 Å². The van der Waals surface area contributed by atoms with Crippen LogP contribution in [0.2, 0.25) is 0 Å². The number of hydrogen-bond donors (Lipinski definition) is 1. The molecule has 0 spiro atoms. The number of nitriles is 1. The third-order valence-corrected chi connectivity index (χ3v) is 3.57. The molecule has 1 aromatic carbocycles. The van der Waals surface area contributed by atoms with E-state index in [-0.39, 0.29) is 5.57 Å². The van der Waals surface area contributed by atoms with Gasteiger partial charge in [0.15, 0.2) is 0 Å². The van der Waals surface area contributed by atoms with E-state index in [0.717, 1.165) is 22.6 Å². The second-order valence-electron chi connectivity index (χ2n) is 5.55. The maximum absolute atomic E-state index is 12.3. The van der Waals surface area contributed by atoms with Crippen LogP contribution in [0.1, 0.15) is 17.0 Å². The van der Waals surface area contributed by atoms with Crippen LogP contribution in [0, 0.1) is 25.2 Å². The van der Waals surface area contributed by atoms with Crippen molar-refractivity contribution in [3.8, 4) is 6.07 Å². The number of aromatic nitrogens is 1. The summed E-state index contributed by atoms with van der Waals surface area (Å²) >= 11 is 0. The number of benzene rings is 1. The third kappa shape index (κ3) is 3.80. The summed E-state index contributed by atoms with van der Waals surface area (Å²) in [5.41, 5.74) is 6.48. The largest absolute Gasteiger partial charge is 0.378 e. The van der Waals surface area contributed by atoms with Crippen molar-refractivity contribution in [2.24, 2.45) is 0 Å². The molecule has 1 aromatic heterocycles. The summed E-state index contributed by atoms with van der Waals surface area (Å²) in [5.74, 6) is -0.424. The van der Waals surface area contributed by atoms with Gasteiger partial charge >= 0.3 is 0 Å². The first kappa shape index (κ1) is 16.4. The molecule has 2 rings (SSSR count). The van der Waals surface area contributed by atoms with Gasteiger partial charge in [-0.15, -0.1) is 0 Å². The van der Waals surface area contributed by atoms with Gasteiger partial charge in [-0.1, -0.05) is 12.1 Å². The number of carbonyl (C=O) groups is 1. The van der Waals surface area contributed by atoms with Gasteiger partial charge in [-0.2, -0.15) is 5.26 Å². The minimum absolute atomic E-state index is 0.0649. The lowest BCUT2D eigenvalue weighted by Crippen LogP contribution is -2.25. The summed E-state index contributed by atoms with van der Waals surface area (Å²) in [5, 5.41) is 9.27. The molecule has 5 heteroatoms. The van der Waals surface area contributed by atoms with Gasteiger partial charge in [-0.05, 0) is 49.8 Å². The van der Waals surface area contributed by atoms with Crippen LogP contribution in [0.3, 0.4) is 0 Å². The average Bonchev–Trinajstić information content (AvgIpc) is 2.84. The van der Waals surface area contributed by atoms with Crippen LogP contribution < -0.4 is 10.3 Å². The molecule has 5 nitrogen and oxygen atoms in total. The Morgan fingerprint density at radius 3 is 2.17 bits per heavy atom. The fourth-order valence-electron chi connectivity index (χ4n) is 2.19. The molecule has 0 saturated heterocycles. The fourth-order valence-corrected chi connectivity index (χ4v) is 2.19. The van der Waals surface area contributed by atoms with Gasteiger partial charge in [-0.3, -0.25) is 14.9 Å². The monoisotopic (exact) mass is 308 g/mol. The number of aryl methyl sites for hydroxylation is 2. The molecule has 0 unspecified atom stereocenters. The highest BCUT2D eigenvalue weighted by Gasteiger charge is 2.11. The second kappa shape index (κ2) is 6.84. The smallest absolute Gasteiger partial charge is 0.280 e. The summed E-state index contributed by atoms with van der Waals surface area (Å²) in [6.07, 6.45) is 1.59. The van der Waals surface area contributed by atoms with E-state index in [1.165, 1.54) is 0 Å². The van der Waals surface area contributed by atoms with Crippen LogP contribution in [0.25, 0.3) is 6.08 Å². The first-order valence-corrected chi connectivity index (χ1v) is 7.28. The molecule has 0 aliphatic heterocycles. The molecule has 0 radical (unpaired) electrons. The van der Waals surface area contributed by atoms with E-state index in [9.17, 15) is 10.1 Å². The Morgan fingerprint density at radius 1 is 1.13 bits per heavy atom. The van der Waals surface area contributed by atoms with Gasteiger partial charge in [0.2, 0.25) is 0 Å². The van der Waals surface area contributed by atoms with Crippen molar-refractivity contribution in [3.05, 3.63) is 58.9 Å². The van der Waals surface area contributed by atoms with E-state index >= 15 is 0 Å². The van der Waals surface area contributed by atoms with Crippen LogP contribution in [0.15, 0.2) is 42.0 Å². The molecule has 0 saturated carbocycles. The molecular formula is C18H20N4O. The molecular weight excluding hydrogens is 288 g/mol. The van der Waals surface area contributed by atoms with Crippen molar-refractivity contribution in [1.29, 1.82) is 5.26 Å². The zero-order valence-corrected chi connectivity index (χ0v) is 13.8. The van der Waals surface area contributed by atoms with E-state index in [1.807, 2.05) is 75.3 Å². The summed E-state index contributed by atoms with van der Waals surface area (Å²) in [7, 11) is 3.92. The number of rotatable bonds is 4. The molecule has 23 heavy (non-hydrogen) atoms. The highest BCUT2D eigenvalue weighted by atomic mass is 16.2. The van der Waals surface area contributed by atoms with Crippen molar-refractivity contribution in [2.45, 2.75) is 13.8 Å². The number of anilines is 1. The highest BCUT2D eigenvalue weighted by Crippen LogP contribution is 2.15. The lowest BCUT2D eigenvalue weighted by atomic mass is 10.1. The van der Waals surface area contributed by atoms with Gasteiger partial charge in [0.25, 0.3) is 5.91 Å². The molecule has 0 atom stereocenters. The maximum atomic E-state index is 12.3. The van der Waals surface area contributed by atoms with Crippen molar-refractivity contribution < 1.29 is 4.79 Å². The van der Waals surface area contributed by atoms with E-state index in [0.29, 0.717) is 0 Å². The molecule has 0 aliphatic carbocycles. The minimum atomic E-state index is -0.424. The standard InChI is InChI=1S/C18H20N4O/c1-13-5-6-14(2)22(13)20-18(23)16(12-19)11-15-7-9-17(10-8-15)21(3)4/h5-11H,1-4H3,(H,20,23). The topological polar surface area (TPSA) is 61.1 Å². The van der Waals surface area contributed by atoms with E-state index in [2.05, 4.69) is 5.43 Å². The molecule has 0 fully saturated rings. The van der Waals surface area contributed by atoms with E-state index in [1.54, 1.807) is 10.8 Å². The number of carbonyl (C=O) groups excluding carboxylic acids is 1. The highest BCUT2D eigenvalue weighted by molar-refractivity contribution is 6.06. The van der Waals surface area contributed by atoms with Crippen LogP contribution >= 0.6 is 0 Å². The van der Waals surface area contributed by atoms with Crippen LogP contribution in [0.5, 0.6) is 0 Å². The Balaban J connectivity index is 2.21. The maximum Gasteiger partial charge on any atom is 0.280 e. The van der Waals surface area contributed by atoms with E-state index < -0.39 is 5.91 Å². The van der Waals surface area contributed by atoms with Crippen molar-refractivity contribution >= 4 is 17.7 Å². The van der Waals surface area contributed by atoms with Crippen molar-refractivity contribution in [1.82, 2.24) is 4.68 Å². The Kier molecular flexibility index (Phi) is 4.87. The molecule has 0 aliphatic rings. The summed E-state index contributed by atoms with van der Waals surface area (Å²) in [6, 6.07) is 13.4. The Morgan fingerprint density at radius 2 is 1.70 bits per heavy atom. The average molecular weight is 308 g/mol. The Bertz CT molecular complexity index is 757. The zero-order valence-electron chi connectivity index (χ0n) is 13.8. The predicted octanol–water partition coefficient (Wildman–Crippen LogP) is 2.85. The number of amides is 1. The lowest BCUT2D eigenvalue weighted by Gasteiger charge is -2.12.